The second kappa shape index (κ2) is 6.64. The predicted molar refractivity (Wildman–Crippen MR) is 99.0 cm³/mol. The van der Waals surface area contributed by atoms with E-state index in [1.54, 1.807) is 23.6 Å². The summed E-state index contributed by atoms with van der Waals surface area (Å²) in [5.74, 6) is -0.287. The number of anilines is 2. The molecule has 24 heavy (non-hydrogen) atoms. The molecule has 3 aromatic rings. The van der Waals surface area contributed by atoms with E-state index in [4.69, 9.17) is 11.1 Å². The average molecular weight is 336 g/mol. The molecule has 1 amide bonds. The molecule has 0 aliphatic heterocycles. The fourth-order valence-corrected chi connectivity index (χ4v) is 2.99. The molecule has 0 aliphatic carbocycles. The Balaban J connectivity index is 1.79. The quantitative estimate of drug-likeness (QED) is 0.497. The number of thiazole rings is 1. The monoisotopic (exact) mass is 336 g/mol. The number of nitrogens with one attached hydrogen (secondary N) is 2. The molecular formula is C18H16N4OS. The van der Waals surface area contributed by atoms with E-state index in [9.17, 15) is 4.79 Å². The molecule has 0 saturated heterocycles. The highest BCUT2D eigenvalue weighted by molar-refractivity contribution is 7.13. The lowest BCUT2D eigenvalue weighted by atomic mass is 10.1. The van der Waals surface area contributed by atoms with E-state index in [1.165, 1.54) is 16.9 Å². The molecule has 0 fully saturated rings. The SMILES string of the molecule is Cc1ccc(-c2nc(C(=O)Nc3ccc(N)c(C=N)c3)cs2)cc1. The van der Waals surface area contributed by atoms with Crippen LogP contribution in [0.3, 0.4) is 0 Å². The number of rotatable bonds is 4. The van der Waals surface area contributed by atoms with Gasteiger partial charge in [-0.05, 0) is 25.1 Å². The minimum atomic E-state index is -0.287. The van der Waals surface area contributed by atoms with E-state index in [1.807, 2.05) is 31.2 Å². The summed E-state index contributed by atoms with van der Waals surface area (Å²) in [6.07, 6.45) is 1.16. The second-order valence-corrected chi connectivity index (χ2v) is 6.20. The fourth-order valence-electron chi connectivity index (χ4n) is 2.18. The zero-order valence-electron chi connectivity index (χ0n) is 13.0. The summed E-state index contributed by atoms with van der Waals surface area (Å²) >= 11 is 1.43. The van der Waals surface area contributed by atoms with Crippen LogP contribution in [-0.2, 0) is 0 Å². The first-order chi connectivity index (χ1) is 11.6. The van der Waals surface area contributed by atoms with Gasteiger partial charge in [0.1, 0.15) is 10.7 Å². The van der Waals surface area contributed by atoms with Crippen molar-refractivity contribution < 1.29 is 4.79 Å². The molecular weight excluding hydrogens is 320 g/mol. The highest BCUT2D eigenvalue weighted by Gasteiger charge is 2.12. The number of aryl methyl sites for hydroxylation is 1. The number of nitrogens with two attached hydrogens (primary N) is 1. The fraction of sp³-hybridized carbons (Fsp3) is 0.0556. The minimum Gasteiger partial charge on any atom is -0.398 e. The summed E-state index contributed by atoms with van der Waals surface area (Å²) in [4.78, 5) is 16.7. The van der Waals surface area contributed by atoms with E-state index in [0.29, 0.717) is 22.6 Å². The zero-order valence-corrected chi connectivity index (χ0v) is 13.9. The van der Waals surface area contributed by atoms with Gasteiger partial charge in [0.15, 0.2) is 0 Å². The van der Waals surface area contributed by atoms with Crippen molar-refractivity contribution in [2.75, 3.05) is 11.1 Å². The number of benzene rings is 2. The van der Waals surface area contributed by atoms with Crippen LogP contribution in [0.4, 0.5) is 11.4 Å². The molecule has 0 atom stereocenters. The molecule has 120 valence electrons. The first kappa shape index (κ1) is 15.9. The maximum atomic E-state index is 12.3. The third-order valence-electron chi connectivity index (χ3n) is 3.54. The Hall–Kier alpha value is -2.99. The van der Waals surface area contributed by atoms with Crippen LogP contribution in [0.15, 0.2) is 47.8 Å². The molecule has 0 unspecified atom stereocenters. The summed E-state index contributed by atoms with van der Waals surface area (Å²) in [6.45, 7) is 2.03. The molecule has 6 heteroatoms. The van der Waals surface area contributed by atoms with Gasteiger partial charge in [-0.3, -0.25) is 4.79 Å². The molecule has 4 N–H and O–H groups in total. The van der Waals surface area contributed by atoms with Crippen LogP contribution in [0.1, 0.15) is 21.6 Å². The number of nitrogens with zero attached hydrogens (tertiary/aromatic N) is 1. The lowest BCUT2D eigenvalue weighted by molar-refractivity contribution is 0.102. The van der Waals surface area contributed by atoms with Crippen LogP contribution in [0.5, 0.6) is 0 Å². The van der Waals surface area contributed by atoms with Crippen molar-refractivity contribution in [3.63, 3.8) is 0 Å². The van der Waals surface area contributed by atoms with Crippen molar-refractivity contribution in [2.24, 2.45) is 0 Å². The zero-order chi connectivity index (χ0) is 17.1. The van der Waals surface area contributed by atoms with E-state index in [0.717, 1.165) is 16.8 Å². The molecule has 1 aromatic heterocycles. The highest BCUT2D eigenvalue weighted by atomic mass is 32.1. The van der Waals surface area contributed by atoms with Gasteiger partial charge in [-0.2, -0.15) is 0 Å². The van der Waals surface area contributed by atoms with E-state index in [-0.39, 0.29) is 5.91 Å². The standard InChI is InChI=1S/C18H16N4OS/c1-11-2-4-12(5-3-11)18-22-16(10-24-18)17(23)21-14-6-7-15(20)13(8-14)9-19/h2-10,19H,20H2,1H3,(H,21,23). The summed E-state index contributed by atoms with van der Waals surface area (Å²) in [5.41, 5.74) is 9.92. The molecule has 0 saturated carbocycles. The van der Waals surface area contributed by atoms with Crippen LogP contribution in [-0.4, -0.2) is 17.1 Å². The van der Waals surface area contributed by atoms with Gasteiger partial charge >= 0.3 is 0 Å². The van der Waals surface area contributed by atoms with Crippen molar-refractivity contribution in [3.8, 4) is 10.6 Å². The first-order valence-corrected chi connectivity index (χ1v) is 8.18. The lowest BCUT2D eigenvalue weighted by Crippen LogP contribution is -2.12. The summed E-state index contributed by atoms with van der Waals surface area (Å²) in [5, 5.41) is 12.6. The van der Waals surface area contributed by atoms with Gasteiger partial charge in [0.05, 0.1) is 0 Å². The Bertz CT molecular complexity index is 900. The van der Waals surface area contributed by atoms with Crippen LogP contribution in [0, 0.1) is 12.3 Å². The normalized spacial score (nSPS) is 10.4. The molecule has 5 nitrogen and oxygen atoms in total. The average Bonchev–Trinajstić information content (AvgIpc) is 3.07. The topological polar surface area (TPSA) is 91.9 Å². The number of carbonyl (C=O) groups is 1. The summed E-state index contributed by atoms with van der Waals surface area (Å²) in [7, 11) is 0. The maximum Gasteiger partial charge on any atom is 0.275 e. The Morgan fingerprint density at radius 3 is 2.71 bits per heavy atom. The van der Waals surface area contributed by atoms with E-state index >= 15 is 0 Å². The minimum absolute atomic E-state index is 0.287. The van der Waals surface area contributed by atoms with Crippen molar-refractivity contribution in [2.45, 2.75) is 6.92 Å². The van der Waals surface area contributed by atoms with Gasteiger partial charge in [-0.15, -0.1) is 11.3 Å². The van der Waals surface area contributed by atoms with Crippen LogP contribution < -0.4 is 11.1 Å². The van der Waals surface area contributed by atoms with Gasteiger partial charge in [0, 0.05) is 34.1 Å². The van der Waals surface area contributed by atoms with Gasteiger partial charge in [0.25, 0.3) is 5.91 Å². The number of carbonyl (C=O) groups excluding carboxylic acids is 1. The number of hydrogen-bond donors (Lipinski definition) is 3. The highest BCUT2D eigenvalue weighted by Crippen LogP contribution is 2.24. The molecule has 0 bridgehead atoms. The number of hydrogen-bond acceptors (Lipinski definition) is 5. The number of aromatic nitrogens is 1. The third-order valence-corrected chi connectivity index (χ3v) is 4.43. The third kappa shape index (κ3) is 3.33. The number of amides is 1. The van der Waals surface area contributed by atoms with Crippen molar-refractivity contribution in [3.05, 3.63) is 64.7 Å². The predicted octanol–water partition coefficient (Wildman–Crippen LogP) is 3.95. The van der Waals surface area contributed by atoms with Crippen molar-refractivity contribution >= 4 is 34.8 Å². The van der Waals surface area contributed by atoms with Crippen LogP contribution >= 0.6 is 11.3 Å². The second-order valence-electron chi connectivity index (χ2n) is 5.35. The molecule has 0 spiro atoms. The van der Waals surface area contributed by atoms with Gasteiger partial charge in [-0.25, -0.2) is 4.98 Å². The van der Waals surface area contributed by atoms with Crippen molar-refractivity contribution in [1.82, 2.24) is 4.98 Å². The van der Waals surface area contributed by atoms with E-state index < -0.39 is 0 Å². The van der Waals surface area contributed by atoms with Crippen LogP contribution in [0.2, 0.25) is 0 Å². The lowest BCUT2D eigenvalue weighted by Gasteiger charge is -2.06. The van der Waals surface area contributed by atoms with E-state index in [2.05, 4.69) is 10.3 Å². The van der Waals surface area contributed by atoms with Gasteiger partial charge < -0.3 is 16.5 Å². The van der Waals surface area contributed by atoms with Gasteiger partial charge in [-0.1, -0.05) is 29.8 Å². The Morgan fingerprint density at radius 2 is 2.00 bits per heavy atom. The molecule has 0 radical (unpaired) electrons. The van der Waals surface area contributed by atoms with Crippen molar-refractivity contribution in [1.29, 1.82) is 5.41 Å². The summed E-state index contributed by atoms with van der Waals surface area (Å²) in [6, 6.07) is 13.0. The smallest absolute Gasteiger partial charge is 0.275 e. The number of nitrogen functional groups attached to an aromatic ring is 1. The van der Waals surface area contributed by atoms with Crippen LogP contribution in [0.25, 0.3) is 10.6 Å². The van der Waals surface area contributed by atoms with Gasteiger partial charge in [0.2, 0.25) is 0 Å². The summed E-state index contributed by atoms with van der Waals surface area (Å²) < 4.78 is 0. The maximum absolute atomic E-state index is 12.3. The Morgan fingerprint density at radius 1 is 1.25 bits per heavy atom. The molecule has 0 aliphatic rings. The molecule has 3 rings (SSSR count). The molecule has 1 heterocycles. The molecule has 2 aromatic carbocycles. The first-order valence-electron chi connectivity index (χ1n) is 7.31. The Labute approximate surface area is 143 Å². The Kier molecular flexibility index (Phi) is 4.39. The largest absolute Gasteiger partial charge is 0.398 e.